The van der Waals surface area contributed by atoms with Gasteiger partial charge in [-0.25, -0.2) is 9.78 Å². The van der Waals surface area contributed by atoms with E-state index in [0.717, 1.165) is 50.4 Å². The predicted molar refractivity (Wildman–Crippen MR) is 158 cm³/mol. The van der Waals surface area contributed by atoms with Gasteiger partial charge in [-0.05, 0) is 25.1 Å². The van der Waals surface area contributed by atoms with Gasteiger partial charge in [0.05, 0.1) is 45.2 Å². The Labute approximate surface area is 237 Å². The van der Waals surface area contributed by atoms with Crippen LogP contribution in [0.5, 0.6) is 5.75 Å². The van der Waals surface area contributed by atoms with Gasteiger partial charge in [0.1, 0.15) is 11.6 Å². The Kier molecular flexibility index (Phi) is 5.76. The minimum absolute atomic E-state index is 0.129. The quantitative estimate of drug-likeness (QED) is 0.266. The number of carbonyl (C=O) groups excluding carboxylic acids is 1. The molecule has 41 heavy (non-hydrogen) atoms. The average Bonchev–Trinajstić information content (AvgIpc) is 3.52. The first-order valence-electron chi connectivity index (χ1n) is 13.6. The van der Waals surface area contributed by atoms with Gasteiger partial charge in [0.15, 0.2) is 0 Å². The number of benzene rings is 2. The van der Waals surface area contributed by atoms with Crippen LogP contribution in [0.4, 0.5) is 5.69 Å². The Hall–Kier alpha value is -4.38. The van der Waals surface area contributed by atoms with Crippen molar-refractivity contribution in [3.63, 3.8) is 0 Å². The lowest BCUT2D eigenvalue weighted by molar-refractivity contribution is -0.131. The van der Waals surface area contributed by atoms with E-state index in [2.05, 4.69) is 35.3 Å². The molecule has 0 radical (unpaired) electrons. The van der Waals surface area contributed by atoms with Gasteiger partial charge in [-0.1, -0.05) is 20.8 Å². The van der Waals surface area contributed by atoms with Gasteiger partial charge in [-0.15, -0.1) is 0 Å². The number of ether oxygens (including phenoxy) is 1. The highest BCUT2D eigenvalue weighted by Gasteiger charge is 2.38. The summed E-state index contributed by atoms with van der Waals surface area (Å²) >= 11 is 0. The van der Waals surface area contributed by atoms with Crippen LogP contribution in [-0.4, -0.2) is 58.2 Å². The second-order valence-corrected chi connectivity index (χ2v) is 12.4. The minimum Gasteiger partial charge on any atom is -0.426 e. The lowest BCUT2D eigenvalue weighted by atomic mass is 9.95. The number of aliphatic hydroxyl groups is 1. The summed E-state index contributed by atoms with van der Waals surface area (Å²) in [6, 6.07) is 7.83. The molecular weight excluding hydrogens is 522 g/mol. The number of aromatic nitrogens is 6. The Balaban J connectivity index is 1.68. The maximum atomic E-state index is 13.0. The third-order valence-electron chi connectivity index (χ3n) is 7.68. The van der Waals surface area contributed by atoms with Crippen molar-refractivity contribution in [2.75, 3.05) is 18.0 Å². The van der Waals surface area contributed by atoms with Gasteiger partial charge < -0.3 is 14.7 Å². The van der Waals surface area contributed by atoms with Gasteiger partial charge in [0, 0.05) is 70.0 Å². The maximum absolute atomic E-state index is 13.0. The van der Waals surface area contributed by atoms with E-state index in [4.69, 9.17) is 9.72 Å². The van der Waals surface area contributed by atoms with Crippen LogP contribution >= 0.6 is 0 Å². The van der Waals surface area contributed by atoms with Gasteiger partial charge in [0.25, 0.3) is 0 Å². The number of imidazole rings is 2. The van der Waals surface area contributed by atoms with E-state index >= 15 is 0 Å². The summed E-state index contributed by atoms with van der Waals surface area (Å²) in [4.78, 5) is 32.4. The standard InChI is InChI=1S/C30H35N7O4/c1-17(38)41-25-12-22-21(11-20(25)18-13-31-33(6)14-18)32-27(29(2,3)4)37(22)19-9-23-26(35(8)28(39)34(23)7)24(10-19)36-15-30(5,40)16-36/h9-14,40H,15-16H2,1-8H3. The molecule has 0 unspecified atom stereocenters. The SMILES string of the molecule is CC(=O)Oc1cc2c(cc1-c1cnn(C)c1)nc(C(C)(C)C)n2-c1cc(N2CC(C)(O)C2)c2c(c1)n(C)c(=O)n2C. The van der Waals surface area contributed by atoms with Crippen molar-refractivity contribution in [1.29, 1.82) is 0 Å². The average molecular weight is 558 g/mol. The first kappa shape index (κ1) is 26.8. The molecule has 11 nitrogen and oxygen atoms in total. The molecule has 1 fully saturated rings. The van der Waals surface area contributed by atoms with Crippen molar-refractivity contribution in [2.24, 2.45) is 21.1 Å². The van der Waals surface area contributed by atoms with Crippen LogP contribution in [-0.2, 0) is 31.4 Å². The van der Waals surface area contributed by atoms with Crippen molar-refractivity contribution in [3.8, 4) is 22.6 Å². The maximum Gasteiger partial charge on any atom is 0.328 e. The largest absolute Gasteiger partial charge is 0.426 e. The van der Waals surface area contributed by atoms with Gasteiger partial charge >= 0.3 is 11.7 Å². The molecule has 0 bridgehead atoms. The highest BCUT2D eigenvalue weighted by Crippen LogP contribution is 2.40. The summed E-state index contributed by atoms with van der Waals surface area (Å²) in [7, 11) is 5.37. The van der Waals surface area contributed by atoms with E-state index in [9.17, 15) is 14.7 Å². The third-order valence-corrected chi connectivity index (χ3v) is 7.68. The summed E-state index contributed by atoms with van der Waals surface area (Å²) in [5.74, 6) is 0.794. The van der Waals surface area contributed by atoms with Gasteiger partial charge in [-0.2, -0.15) is 5.10 Å². The van der Waals surface area contributed by atoms with Gasteiger partial charge in [-0.3, -0.25) is 23.2 Å². The number of nitrogens with zero attached hydrogens (tertiary/aromatic N) is 7. The molecular formula is C30H35N7O4. The normalized spacial score (nSPS) is 15.1. The zero-order valence-corrected chi connectivity index (χ0v) is 24.7. The lowest BCUT2D eigenvalue weighted by Gasteiger charge is -2.46. The number of fused-ring (bicyclic) bond motifs is 2. The fourth-order valence-corrected chi connectivity index (χ4v) is 5.82. The molecule has 6 rings (SSSR count). The summed E-state index contributed by atoms with van der Waals surface area (Å²) in [5.41, 5.74) is 5.00. The van der Waals surface area contributed by atoms with E-state index in [0.29, 0.717) is 18.8 Å². The number of anilines is 1. The van der Waals surface area contributed by atoms with Crippen LogP contribution in [0.2, 0.25) is 0 Å². The number of aryl methyl sites for hydroxylation is 3. The van der Waals surface area contributed by atoms with Crippen molar-refractivity contribution in [3.05, 3.63) is 53.0 Å². The van der Waals surface area contributed by atoms with E-state index < -0.39 is 11.6 Å². The van der Waals surface area contributed by atoms with Crippen LogP contribution in [0.3, 0.4) is 0 Å². The van der Waals surface area contributed by atoms with Crippen molar-refractivity contribution < 1.29 is 14.6 Å². The van der Waals surface area contributed by atoms with Crippen LogP contribution in [0.15, 0.2) is 41.5 Å². The number of hydrogen-bond acceptors (Lipinski definition) is 7. The zero-order chi connectivity index (χ0) is 29.6. The fraction of sp³-hybridized carbons (Fsp3) is 0.400. The molecule has 214 valence electrons. The molecule has 1 aliphatic rings. The first-order chi connectivity index (χ1) is 19.1. The molecule has 0 atom stereocenters. The molecule has 0 amide bonds. The minimum atomic E-state index is -0.796. The van der Waals surface area contributed by atoms with Crippen molar-refractivity contribution >= 4 is 33.7 Å². The molecule has 11 heteroatoms. The van der Waals surface area contributed by atoms with E-state index in [1.807, 2.05) is 44.4 Å². The molecule has 0 saturated carbocycles. The smallest absolute Gasteiger partial charge is 0.328 e. The lowest BCUT2D eigenvalue weighted by Crippen LogP contribution is -2.60. The second kappa shape index (κ2) is 8.81. The topological polar surface area (TPSA) is 112 Å². The predicted octanol–water partition coefficient (Wildman–Crippen LogP) is 3.41. The molecule has 5 aromatic rings. The monoisotopic (exact) mass is 557 g/mol. The summed E-state index contributed by atoms with van der Waals surface area (Å²) in [6.45, 7) is 10.4. The van der Waals surface area contributed by atoms with Crippen LogP contribution < -0.4 is 15.3 Å². The Morgan fingerprint density at radius 3 is 2.34 bits per heavy atom. The summed E-state index contributed by atoms with van der Waals surface area (Å²) < 4.78 is 12.8. The number of esters is 1. The molecule has 1 aliphatic heterocycles. The molecule has 1 N–H and O–H groups in total. The Morgan fingerprint density at radius 1 is 1.05 bits per heavy atom. The Bertz CT molecular complexity index is 1920. The van der Waals surface area contributed by atoms with Crippen molar-refractivity contribution in [2.45, 2.75) is 45.6 Å². The number of carbonyl (C=O) groups is 1. The summed E-state index contributed by atoms with van der Waals surface area (Å²) in [6.07, 6.45) is 3.60. The van der Waals surface area contributed by atoms with E-state index in [1.54, 1.807) is 34.1 Å². The molecule has 0 spiro atoms. The van der Waals surface area contributed by atoms with Crippen LogP contribution in [0, 0.1) is 0 Å². The fourth-order valence-electron chi connectivity index (χ4n) is 5.82. The molecule has 1 saturated heterocycles. The zero-order valence-electron chi connectivity index (χ0n) is 24.7. The number of rotatable bonds is 4. The molecule has 4 heterocycles. The van der Waals surface area contributed by atoms with Crippen LogP contribution in [0.25, 0.3) is 38.9 Å². The van der Waals surface area contributed by atoms with E-state index in [1.165, 1.54) is 6.92 Å². The highest BCUT2D eigenvalue weighted by molar-refractivity contribution is 5.94. The number of β-amino-alcohol motifs (C(OH)–C–C–N with tert-alkyl or cyclic N) is 1. The second-order valence-electron chi connectivity index (χ2n) is 12.4. The number of hydrogen-bond donors (Lipinski definition) is 1. The van der Waals surface area contributed by atoms with Gasteiger partial charge in [0.2, 0.25) is 0 Å². The van der Waals surface area contributed by atoms with Crippen molar-refractivity contribution in [1.82, 2.24) is 28.5 Å². The Morgan fingerprint density at radius 2 is 1.76 bits per heavy atom. The molecule has 0 aliphatic carbocycles. The molecule has 3 aromatic heterocycles. The first-order valence-corrected chi connectivity index (χ1v) is 13.6. The third kappa shape index (κ3) is 4.31. The summed E-state index contributed by atoms with van der Waals surface area (Å²) in [5, 5.41) is 14.8. The van der Waals surface area contributed by atoms with E-state index in [-0.39, 0.29) is 11.1 Å². The van der Waals surface area contributed by atoms with Crippen LogP contribution in [0.1, 0.15) is 40.4 Å². The highest BCUT2D eigenvalue weighted by atomic mass is 16.5. The molecule has 2 aromatic carbocycles.